The van der Waals surface area contributed by atoms with E-state index in [1.165, 1.54) is 0 Å². The predicted molar refractivity (Wildman–Crippen MR) is 77.5 cm³/mol. The van der Waals surface area contributed by atoms with E-state index in [4.69, 9.17) is 9.84 Å². The molecule has 0 radical (unpaired) electrons. The van der Waals surface area contributed by atoms with Crippen LogP contribution in [0.4, 0.5) is 14.6 Å². The maximum Gasteiger partial charge on any atom is 0.351 e. The third kappa shape index (κ3) is 3.52. The van der Waals surface area contributed by atoms with Crippen LogP contribution in [-0.2, 0) is 9.53 Å². The molecule has 8 nitrogen and oxygen atoms in total. The van der Waals surface area contributed by atoms with Crippen molar-refractivity contribution in [2.24, 2.45) is 0 Å². The Morgan fingerprint density at radius 1 is 1.57 bits per heavy atom. The van der Waals surface area contributed by atoms with E-state index >= 15 is 0 Å². The van der Waals surface area contributed by atoms with Crippen molar-refractivity contribution in [3.05, 3.63) is 22.7 Å². The second-order valence-electron chi connectivity index (χ2n) is 4.85. The Kier molecular flexibility index (Phi) is 5.34. The molecule has 2 heterocycles. The first-order chi connectivity index (χ1) is 10.8. The third-order valence-corrected chi connectivity index (χ3v) is 3.47. The van der Waals surface area contributed by atoms with Crippen LogP contribution < -0.4 is 11.0 Å². The molecule has 1 amide bonds. The summed E-state index contributed by atoms with van der Waals surface area (Å²) < 4.78 is 33.3. The van der Waals surface area contributed by atoms with Crippen molar-refractivity contribution in [3.8, 4) is 0 Å². The maximum absolute atomic E-state index is 14.0. The lowest BCUT2D eigenvalue weighted by Gasteiger charge is -2.21. The molecule has 0 bridgehead atoms. The SMILES string of the molecule is O=C(CCS)Nc1ccn([C@@H]2O[C@H](CO)C(O)C2(F)F)c(=O)n1. The Labute approximate surface area is 134 Å². The summed E-state index contributed by atoms with van der Waals surface area (Å²) in [5.41, 5.74) is -1.09. The van der Waals surface area contributed by atoms with Crippen LogP contribution in [0.15, 0.2) is 17.1 Å². The van der Waals surface area contributed by atoms with Crippen LogP contribution >= 0.6 is 12.6 Å². The maximum atomic E-state index is 14.0. The van der Waals surface area contributed by atoms with Crippen LogP contribution in [0.25, 0.3) is 0 Å². The second-order valence-corrected chi connectivity index (χ2v) is 5.30. The number of carbonyl (C=O) groups excluding carboxylic acids is 1. The molecule has 1 saturated heterocycles. The highest BCUT2D eigenvalue weighted by molar-refractivity contribution is 7.80. The zero-order chi connectivity index (χ0) is 17.2. The van der Waals surface area contributed by atoms with Gasteiger partial charge in [-0.3, -0.25) is 9.36 Å². The number of alkyl halides is 2. The summed E-state index contributed by atoms with van der Waals surface area (Å²) in [7, 11) is 0. The van der Waals surface area contributed by atoms with Gasteiger partial charge in [0.05, 0.1) is 6.61 Å². The van der Waals surface area contributed by atoms with Crippen LogP contribution in [0, 0.1) is 0 Å². The zero-order valence-electron chi connectivity index (χ0n) is 11.7. The Morgan fingerprint density at radius 3 is 2.78 bits per heavy atom. The molecule has 1 unspecified atom stereocenters. The van der Waals surface area contributed by atoms with Crippen molar-refractivity contribution in [2.75, 3.05) is 17.7 Å². The van der Waals surface area contributed by atoms with Crippen LogP contribution in [-0.4, -0.2) is 56.2 Å². The van der Waals surface area contributed by atoms with Crippen molar-refractivity contribution in [2.45, 2.75) is 30.8 Å². The Morgan fingerprint density at radius 2 is 2.26 bits per heavy atom. The number of amides is 1. The number of hydrogen-bond donors (Lipinski definition) is 4. The average Bonchev–Trinajstić information content (AvgIpc) is 2.70. The van der Waals surface area contributed by atoms with Gasteiger partial charge in [-0.15, -0.1) is 0 Å². The minimum atomic E-state index is -3.78. The summed E-state index contributed by atoms with van der Waals surface area (Å²) in [6.45, 7) is -0.826. The van der Waals surface area contributed by atoms with E-state index in [9.17, 15) is 23.5 Å². The first-order valence-electron chi connectivity index (χ1n) is 6.63. The Hall–Kier alpha value is -1.56. The van der Waals surface area contributed by atoms with Gasteiger partial charge in [-0.2, -0.15) is 26.4 Å². The molecule has 0 aliphatic carbocycles. The van der Waals surface area contributed by atoms with Gasteiger partial charge in [0.2, 0.25) is 12.1 Å². The fourth-order valence-electron chi connectivity index (χ4n) is 2.09. The van der Waals surface area contributed by atoms with Gasteiger partial charge in [-0.05, 0) is 11.8 Å². The number of anilines is 1. The lowest BCUT2D eigenvalue weighted by atomic mass is 10.1. The molecule has 1 aromatic rings. The Bertz CT molecular complexity index is 641. The minimum Gasteiger partial charge on any atom is -0.394 e. The lowest BCUT2D eigenvalue weighted by Crippen LogP contribution is -2.41. The van der Waals surface area contributed by atoms with Crippen LogP contribution in [0.5, 0.6) is 0 Å². The van der Waals surface area contributed by atoms with Crippen LogP contribution in [0.1, 0.15) is 12.6 Å². The summed E-state index contributed by atoms with van der Waals surface area (Å²) in [6.07, 6.45) is -4.80. The van der Waals surface area contributed by atoms with Gasteiger partial charge in [0.25, 0.3) is 0 Å². The molecule has 1 aromatic heterocycles. The summed E-state index contributed by atoms with van der Waals surface area (Å²) in [5, 5.41) is 20.7. The number of nitrogens with zero attached hydrogens (tertiary/aromatic N) is 2. The van der Waals surface area contributed by atoms with Gasteiger partial charge in [0.1, 0.15) is 11.9 Å². The van der Waals surface area contributed by atoms with Crippen molar-refractivity contribution < 1.29 is 28.5 Å². The minimum absolute atomic E-state index is 0.0985. The number of thiol groups is 1. The van der Waals surface area contributed by atoms with E-state index < -0.39 is 42.6 Å². The van der Waals surface area contributed by atoms with Crippen molar-refractivity contribution in [3.63, 3.8) is 0 Å². The van der Waals surface area contributed by atoms with E-state index in [0.29, 0.717) is 10.3 Å². The predicted octanol–water partition coefficient (Wildman–Crippen LogP) is -0.612. The molecule has 2 rings (SSSR count). The number of aromatic nitrogens is 2. The summed E-state index contributed by atoms with van der Waals surface area (Å²) in [5.74, 6) is -4.01. The molecule has 3 atom stereocenters. The van der Waals surface area contributed by atoms with E-state index in [1.54, 1.807) is 0 Å². The number of aliphatic hydroxyl groups is 2. The molecule has 1 aliphatic heterocycles. The standard InChI is InChI=1S/C12H15F2N3O5S/c13-12(14)9(20)6(5-18)22-10(12)17-3-1-7(16-11(17)21)15-8(19)2-4-23/h1,3,6,9-10,18,20,23H,2,4-5H2,(H,15,16,19,21)/t6-,9?,10-/m1/s1. The number of rotatable bonds is 5. The van der Waals surface area contributed by atoms with E-state index in [0.717, 1.165) is 12.3 Å². The molecule has 0 aromatic carbocycles. The van der Waals surface area contributed by atoms with Crippen LogP contribution in [0.3, 0.4) is 0 Å². The normalized spacial score (nSPS) is 26.2. The highest BCUT2D eigenvalue weighted by Crippen LogP contribution is 2.41. The van der Waals surface area contributed by atoms with E-state index in [-0.39, 0.29) is 12.2 Å². The summed E-state index contributed by atoms with van der Waals surface area (Å²) >= 11 is 3.88. The molecule has 23 heavy (non-hydrogen) atoms. The fourth-order valence-corrected chi connectivity index (χ4v) is 2.29. The number of aliphatic hydroxyl groups excluding tert-OH is 2. The topological polar surface area (TPSA) is 114 Å². The summed E-state index contributed by atoms with van der Waals surface area (Å²) in [6, 6.07) is 1.15. The van der Waals surface area contributed by atoms with Gasteiger partial charge in [-0.1, -0.05) is 0 Å². The first-order valence-corrected chi connectivity index (χ1v) is 7.26. The Balaban J connectivity index is 2.24. The van der Waals surface area contributed by atoms with Gasteiger partial charge in [0.15, 0.2) is 6.10 Å². The smallest absolute Gasteiger partial charge is 0.351 e. The zero-order valence-corrected chi connectivity index (χ0v) is 12.6. The van der Waals surface area contributed by atoms with Gasteiger partial charge in [0, 0.05) is 12.6 Å². The molecular weight excluding hydrogens is 336 g/mol. The number of hydrogen-bond acceptors (Lipinski definition) is 7. The highest BCUT2D eigenvalue weighted by atomic mass is 32.1. The second kappa shape index (κ2) is 6.91. The monoisotopic (exact) mass is 351 g/mol. The van der Waals surface area contributed by atoms with E-state index in [1.807, 2.05) is 0 Å². The molecule has 1 fully saturated rings. The van der Waals surface area contributed by atoms with Gasteiger partial charge >= 0.3 is 11.6 Å². The van der Waals surface area contributed by atoms with E-state index in [2.05, 4.69) is 22.9 Å². The molecule has 11 heteroatoms. The van der Waals surface area contributed by atoms with Crippen LogP contribution in [0.2, 0.25) is 0 Å². The van der Waals surface area contributed by atoms with Gasteiger partial charge in [-0.25, -0.2) is 4.79 Å². The molecule has 0 spiro atoms. The number of nitrogens with one attached hydrogen (secondary N) is 1. The molecule has 128 valence electrons. The fraction of sp³-hybridized carbons (Fsp3) is 0.583. The number of ether oxygens (including phenoxy) is 1. The lowest BCUT2D eigenvalue weighted by molar-refractivity contribution is -0.141. The first kappa shape index (κ1) is 17.8. The number of carbonyl (C=O) groups is 1. The van der Waals surface area contributed by atoms with Crippen molar-refractivity contribution in [1.82, 2.24) is 9.55 Å². The quantitative estimate of drug-likeness (QED) is 0.526. The van der Waals surface area contributed by atoms with Crippen molar-refractivity contribution >= 4 is 24.4 Å². The summed E-state index contributed by atoms with van der Waals surface area (Å²) in [4.78, 5) is 26.7. The highest BCUT2D eigenvalue weighted by Gasteiger charge is 2.59. The third-order valence-electron chi connectivity index (χ3n) is 3.25. The molecule has 1 aliphatic rings. The number of halogens is 2. The molecule has 3 N–H and O–H groups in total. The van der Waals surface area contributed by atoms with Gasteiger partial charge < -0.3 is 20.3 Å². The average molecular weight is 351 g/mol. The molecule has 0 saturated carbocycles. The largest absolute Gasteiger partial charge is 0.394 e. The van der Waals surface area contributed by atoms with Crippen molar-refractivity contribution in [1.29, 1.82) is 0 Å². The molecular formula is C12H15F2N3O5S.